The first-order chi connectivity index (χ1) is 27.2. The van der Waals surface area contributed by atoms with Crippen molar-refractivity contribution in [2.75, 3.05) is 9.80 Å². The molecule has 2 aliphatic heterocycles. The summed E-state index contributed by atoms with van der Waals surface area (Å²) in [6, 6.07) is 74.5. The first-order valence-corrected chi connectivity index (χ1v) is 21.1. The smallest absolute Gasteiger partial charge is 0.311 e. The maximum atomic E-state index is 2.52. The molecule has 0 aliphatic carbocycles. The van der Waals surface area contributed by atoms with E-state index in [4.69, 9.17) is 0 Å². The molecule has 2 heterocycles. The summed E-state index contributed by atoms with van der Waals surface area (Å²) >= 11 is 0. The van der Waals surface area contributed by atoms with Crippen molar-refractivity contribution in [3.05, 3.63) is 200 Å². The van der Waals surface area contributed by atoms with Gasteiger partial charge in [-0.1, -0.05) is 127 Å². The van der Waals surface area contributed by atoms with Crippen molar-refractivity contribution in [2.45, 2.75) is 6.55 Å². The van der Waals surface area contributed by atoms with Crippen LogP contribution in [0, 0.1) is 0 Å². The predicted molar refractivity (Wildman–Crippen MR) is 238 cm³/mol. The zero-order chi connectivity index (χ0) is 36.5. The topological polar surface area (TPSA) is 6.48 Å². The maximum absolute atomic E-state index is 2.52. The summed E-state index contributed by atoms with van der Waals surface area (Å²) in [5.74, 6) is 0. The van der Waals surface area contributed by atoms with Crippen LogP contribution in [0.5, 0.6) is 0 Å². The molecule has 0 radical (unpaired) electrons. The van der Waals surface area contributed by atoms with E-state index in [1.165, 1.54) is 82.2 Å². The molecular weight excluding hydrogens is 679 g/mol. The number of hydrogen-bond donors (Lipinski definition) is 0. The molecule has 2 aliphatic rings. The molecule has 0 atom stereocenters. The largest absolute Gasteiger partial charge is 0.387 e. The van der Waals surface area contributed by atoms with Crippen molar-refractivity contribution < 1.29 is 0 Å². The molecule has 0 N–H and O–H groups in total. The Kier molecular flexibility index (Phi) is 7.39. The average Bonchev–Trinajstić information content (AvgIpc) is 3.25. The van der Waals surface area contributed by atoms with Gasteiger partial charge in [0.25, 0.3) is 6.71 Å². The van der Waals surface area contributed by atoms with Gasteiger partial charge in [0, 0.05) is 34.1 Å². The van der Waals surface area contributed by atoms with Gasteiger partial charge in [0.2, 0.25) is 0 Å². The van der Waals surface area contributed by atoms with E-state index in [0.29, 0.717) is 0 Å². The molecule has 0 saturated carbocycles. The van der Waals surface area contributed by atoms with Crippen molar-refractivity contribution in [2.24, 2.45) is 0 Å². The molecule has 256 valence electrons. The minimum absolute atomic E-state index is 0.0386. The first kappa shape index (κ1) is 31.9. The molecule has 0 fully saturated rings. The van der Waals surface area contributed by atoms with Crippen molar-refractivity contribution in [1.82, 2.24) is 0 Å². The van der Waals surface area contributed by atoms with Gasteiger partial charge >= 0.3 is 8.80 Å². The number of benzene rings is 9. The lowest BCUT2D eigenvalue weighted by Gasteiger charge is -2.44. The lowest BCUT2D eigenvalue weighted by Crippen LogP contribution is -2.61. The van der Waals surface area contributed by atoms with Crippen LogP contribution in [0.15, 0.2) is 200 Å². The number of hydrogen-bond acceptors (Lipinski definition) is 2. The highest BCUT2D eigenvalue weighted by molar-refractivity contribution is 7.00. The van der Waals surface area contributed by atoms with Crippen molar-refractivity contribution in [3.63, 3.8) is 0 Å². The molecule has 55 heavy (non-hydrogen) atoms. The van der Waals surface area contributed by atoms with E-state index in [1.807, 2.05) is 0 Å². The van der Waals surface area contributed by atoms with Gasteiger partial charge in [0.15, 0.2) is 0 Å². The molecule has 4 heteroatoms. The standard InChI is InChI=1S/C51H36BN2Si/c1-55(43-23-9-4-10-24-43)44-27-25-35(26-28-44)40-33-49-51-50(34-40)54(42-21-7-3-8-22-42)48-32-39-18-14-12-16-37(39)30-46(48)52(51)45-29-36-15-11-13-17-38(36)31-47(45)53(49)41-19-5-2-6-20-41/h2-34H,1H3/q+1. The van der Waals surface area contributed by atoms with E-state index in [0.717, 1.165) is 11.4 Å². The predicted octanol–water partition coefficient (Wildman–Crippen LogP) is 9.98. The third-order valence-electron chi connectivity index (χ3n) is 11.7. The van der Waals surface area contributed by atoms with Crippen LogP contribution in [0.4, 0.5) is 34.1 Å². The molecule has 0 spiro atoms. The highest BCUT2D eigenvalue weighted by Gasteiger charge is 2.44. The van der Waals surface area contributed by atoms with E-state index in [1.54, 1.807) is 0 Å². The Balaban J connectivity index is 1.22. The van der Waals surface area contributed by atoms with Crippen molar-refractivity contribution in [1.29, 1.82) is 0 Å². The van der Waals surface area contributed by atoms with Crippen LogP contribution in [0.25, 0.3) is 32.7 Å². The van der Waals surface area contributed by atoms with Crippen LogP contribution in [0.1, 0.15) is 0 Å². The zero-order valence-electron chi connectivity index (χ0n) is 30.5. The van der Waals surface area contributed by atoms with E-state index in [2.05, 4.69) is 217 Å². The lowest BCUT2D eigenvalue weighted by molar-refractivity contribution is 1.26. The molecular formula is C51H36BN2Si+. The van der Waals surface area contributed by atoms with Gasteiger partial charge < -0.3 is 9.80 Å². The van der Waals surface area contributed by atoms with Crippen LogP contribution in [0.3, 0.4) is 0 Å². The Labute approximate surface area is 324 Å². The Morgan fingerprint density at radius 1 is 0.364 bits per heavy atom. The van der Waals surface area contributed by atoms with Gasteiger partial charge in [-0.05, 0) is 122 Å². The molecule has 0 aromatic heterocycles. The second-order valence-electron chi connectivity index (χ2n) is 14.8. The summed E-state index contributed by atoms with van der Waals surface area (Å²) in [6.07, 6.45) is 0. The summed E-state index contributed by atoms with van der Waals surface area (Å²) in [4.78, 5) is 5.04. The van der Waals surface area contributed by atoms with Crippen molar-refractivity contribution in [3.8, 4) is 11.1 Å². The van der Waals surface area contributed by atoms with E-state index in [9.17, 15) is 0 Å². The van der Waals surface area contributed by atoms with Crippen LogP contribution in [-0.4, -0.2) is 15.5 Å². The summed E-state index contributed by atoms with van der Waals surface area (Å²) < 4.78 is 0. The third kappa shape index (κ3) is 5.17. The summed E-state index contributed by atoms with van der Waals surface area (Å²) in [5.41, 5.74) is 13.6. The highest BCUT2D eigenvalue weighted by atomic mass is 28.3. The second-order valence-corrected chi connectivity index (χ2v) is 17.2. The fourth-order valence-electron chi connectivity index (χ4n) is 9.01. The number of para-hydroxylation sites is 2. The van der Waals surface area contributed by atoms with Crippen LogP contribution < -0.4 is 36.6 Å². The number of fused-ring (bicyclic) bond motifs is 6. The molecule has 9 aromatic rings. The molecule has 0 saturated heterocycles. The first-order valence-electron chi connectivity index (χ1n) is 19.1. The Hall–Kier alpha value is -6.62. The van der Waals surface area contributed by atoms with E-state index < -0.39 is 8.80 Å². The van der Waals surface area contributed by atoms with E-state index >= 15 is 0 Å². The van der Waals surface area contributed by atoms with Crippen LogP contribution in [0.2, 0.25) is 6.55 Å². The lowest BCUT2D eigenvalue weighted by atomic mass is 9.33. The fraction of sp³-hybridized carbons (Fsp3) is 0.0196. The number of anilines is 6. The van der Waals surface area contributed by atoms with Gasteiger partial charge in [0.05, 0.1) is 6.55 Å². The second kappa shape index (κ2) is 12.8. The summed E-state index contributed by atoms with van der Waals surface area (Å²) in [6.45, 7) is 2.44. The van der Waals surface area contributed by atoms with Gasteiger partial charge in [-0.25, -0.2) is 0 Å². The maximum Gasteiger partial charge on any atom is 0.387 e. The monoisotopic (exact) mass is 715 g/mol. The highest BCUT2D eigenvalue weighted by Crippen LogP contribution is 2.46. The minimum atomic E-state index is -0.875. The van der Waals surface area contributed by atoms with Gasteiger partial charge in [0.1, 0.15) is 10.4 Å². The molecule has 0 amide bonds. The molecule has 0 bridgehead atoms. The molecule has 9 aromatic carbocycles. The fourth-order valence-corrected chi connectivity index (χ4v) is 10.7. The van der Waals surface area contributed by atoms with Crippen LogP contribution in [-0.2, 0) is 0 Å². The van der Waals surface area contributed by atoms with Crippen LogP contribution >= 0.6 is 0 Å². The molecule has 0 unspecified atom stereocenters. The quantitative estimate of drug-likeness (QED) is 0.164. The average molecular weight is 716 g/mol. The van der Waals surface area contributed by atoms with E-state index in [-0.39, 0.29) is 6.71 Å². The normalized spacial score (nSPS) is 12.7. The van der Waals surface area contributed by atoms with Crippen molar-refractivity contribution >= 4 is 97.9 Å². The zero-order valence-corrected chi connectivity index (χ0v) is 31.5. The Morgan fingerprint density at radius 3 is 1.24 bits per heavy atom. The molecule has 2 nitrogen and oxygen atoms in total. The summed E-state index contributed by atoms with van der Waals surface area (Å²) in [7, 11) is -0.875. The molecule has 11 rings (SSSR count). The SMILES string of the molecule is C[Si+](c1ccccc1)c1ccc(-c2cc3c4c(c2)N(c2ccccc2)c2cc5ccccc5cc2B4c2cc4ccccc4cc2N3c2ccccc2)cc1. The number of nitrogens with zero attached hydrogens (tertiary/aromatic N) is 2. The Bertz CT molecular complexity index is 2740. The third-order valence-corrected chi connectivity index (χ3v) is 14.1. The Morgan fingerprint density at radius 2 is 0.764 bits per heavy atom. The number of rotatable bonds is 5. The minimum Gasteiger partial charge on any atom is -0.311 e. The van der Waals surface area contributed by atoms with Gasteiger partial charge in [-0.3, -0.25) is 0 Å². The van der Waals surface area contributed by atoms with Gasteiger partial charge in [-0.2, -0.15) is 0 Å². The summed E-state index contributed by atoms with van der Waals surface area (Å²) in [5, 5.41) is 7.85. The van der Waals surface area contributed by atoms with Gasteiger partial charge in [-0.15, -0.1) is 0 Å².